The first-order valence-corrected chi connectivity index (χ1v) is 10.7. The summed E-state index contributed by atoms with van der Waals surface area (Å²) in [6, 6.07) is 6.55. The van der Waals surface area contributed by atoms with Gasteiger partial charge in [0.25, 0.3) is 0 Å². The smallest absolute Gasteiger partial charge is 0.242 e. The summed E-state index contributed by atoms with van der Waals surface area (Å²) in [7, 11) is -0.502. The normalized spacial score (nSPS) is 23.3. The number of amides is 1. The highest BCUT2D eigenvalue weighted by Crippen LogP contribution is 2.34. The van der Waals surface area contributed by atoms with E-state index in [4.69, 9.17) is 0 Å². The van der Waals surface area contributed by atoms with Crippen LogP contribution in [0.5, 0.6) is 0 Å². The molecule has 2 aliphatic rings. The molecule has 0 aromatic heterocycles. The maximum atomic E-state index is 12.6. The average Bonchev–Trinajstić information content (AvgIpc) is 2.86. The van der Waals surface area contributed by atoms with Crippen molar-refractivity contribution in [1.82, 2.24) is 9.21 Å². The Hall–Kier alpha value is -1.38. The number of carbonyl (C=O) groups is 1. The van der Waals surface area contributed by atoms with Gasteiger partial charge in [-0.3, -0.25) is 9.69 Å². The van der Waals surface area contributed by atoms with Crippen LogP contribution in [0.2, 0.25) is 0 Å². The van der Waals surface area contributed by atoms with Crippen LogP contribution < -0.4 is 0 Å². The lowest BCUT2D eigenvalue weighted by Gasteiger charge is -2.28. The van der Waals surface area contributed by atoms with Gasteiger partial charge in [-0.25, -0.2) is 17.7 Å². The highest BCUT2D eigenvalue weighted by Gasteiger charge is 2.36. The van der Waals surface area contributed by atoms with Gasteiger partial charge in [0.1, 0.15) is 0 Å². The van der Waals surface area contributed by atoms with E-state index in [0.29, 0.717) is 17.4 Å². The number of carbonyl (C=O) groups excluding carboxylic acids is 1. The first kappa shape index (κ1) is 18.4. The summed E-state index contributed by atoms with van der Waals surface area (Å²) >= 11 is 1.56. The largest absolute Gasteiger partial charge is 0.290 e. The lowest BCUT2D eigenvalue weighted by Crippen LogP contribution is -2.39. The Morgan fingerprint density at radius 3 is 2.64 bits per heavy atom. The van der Waals surface area contributed by atoms with Crippen molar-refractivity contribution in [1.29, 1.82) is 0 Å². The molecule has 1 saturated heterocycles. The molecule has 0 N–H and O–H groups in total. The zero-order chi connectivity index (χ0) is 18.2. The summed E-state index contributed by atoms with van der Waals surface area (Å²) in [5.74, 6) is 0.274. The van der Waals surface area contributed by atoms with E-state index in [1.807, 2.05) is 0 Å². The fraction of sp³-hybridized carbons (Fsp3) is 0.529. The second-order valence-electron chi connectivity index (χ2n) is 6.68. The minimum atomic E-state index is -3.51. The number of hydrogen-bond acceptors (Lipinski definition) is 5. The van der Waals surface area contributed by atoms with Gasteiger partial charge in [0.2, 0.25) is 15.9 Å². The van der Waals surface area contributed by atoms with Crippen LogP contribution in [0.3, 0.4) is 0 Å². The maximum Gasteiger partial charge on any atom is 0.242 e. The molecule has 136 valence electrons. The lowest BCUT2D eigenvalue weighted by molar-refractivity contribution is -0.133. The third-order valence-corrected chi connectivity index (χ3v) is 7.40. The molecular weight excluding hydrogens is 358 g/mol. The van der Waals surface area contributed by atoms with Gasteiger partial charge in [-0.2, -0.15) is 0 Å². The highest BCUT2D eigenvalue weighted by atomic mass is 32.2. The summed E-state index contributed by atoms with van der Waals surface area (Å²) < 4.78 is 25.8. The fourth-order valence-corrected chi connectivity index (χ4v) is 4.77. The van der Waals surface area contributed by atoms with Gasteiger partial charge in [0.05, 0.1) is 10.6 Å². The van der Waals surface area contributed by atoms with Crippen LogP contribution in [0.1, 0.15) is 26.2 Å². The van der Waals surface area contributed by atoms with Gasteiger partial charge in [0.15, 0.2) is 5.17 Å². The first-order chi connectivity index (χ1) is 11.8. The van der Waals surface area contributed by atoms with E-state index in [1.54, 1.807) is 40.9 Å². The minimum absolute atomic E-state index is 0.122. The summed E-state index contributed by atoms with van der Waals surface area (Å²) in [6.07, 6.45) is 3.03. The summed E-state index contributed by atoms with van der Waals surface area (Å²) in [5.41, 5.74) is 0.547. The Bertz CT molecular complexity index is 801. The molecule has 1 saturated carbocycles. The van der Waals surface area contributed by atoms with Crippen LogP contribution in [0, 0.1) is 5.92 Å². The Kier molecular flexibility index (Phi) is 5.22. The van der Waals surface area contributed by atoms with Crippen LogP contribution in [-0.2, 0) is 14.8 Å². The molecule has 6 nitrogen and oxygen atoms in total. The third-order valence-electron chi connectivity index (χ3n) is 4.52. The van der Waals surface area contributed by atoms with Crippen molar-refractivity contribution in [2.45, 2.75) is 36.3 Å². The van der Waals surface area contributed by atoms with Crippen LogP contribution in [0.25, 0.3) is 0 Å². The predicted octanol–water partition coefficient (Wildman–Crippen LogP) is 2.69. The molecule has 1 aromatic carbocycles. The van der Waals surface area contributed by atoms with Gasteiger partial charge >= 0.3 is 0 Å². The number of rotatable bonds is 4. The van der Waals surface area contributed by atoms with E-state index in [2.05, 4.69) is 11.9 Å². The quantitative estimate of drug-likeness (QED) is 0.804. The number of aliphatic imine (C=N–C) groups is 1. The zero-order valence-corrected chi connectivity index (χ0v) is 16.3. The molecule has 1 aliphatic carbocycles. The van der Waals surface area contributed by atoms with Crippen LogP contribution in [0.4, 0.5) is 5.69 Å². The zero-order valence-electron chi connectivity index (χ0n) is 14.7. The van der Waals surface area contributed by atoms with E-state index in [1.165, 1.54) is 18.4 Å². The summed E-state index contributed by atoms with van der Waals surface area (Å²) in [5, 5.41) is 0.959. The number of thioether (sulfide) groups is 1. The van der Waals surface area contributed by atoms with Gasteiger partial charge in [-0.1, -0.05) is 31.2 Å². The van der Waals surface area contributed by atoms with E-state index >= 15 is 0 Å². The Balaban J connectivity index is 1.89. The first-order valence-electron chi connectivity index (χ1n) is 8.38. The number of sulfonamides is 1. The topological polar surface area (TPSA) is 70.0 Å². The van der Waals surface area contributed by atoms with E-state index in [9.17, 15) is 13.2 Å². The Morgan fingerprint density at radius 1 is 1.32 bits per heavy atom. The van der Waals surface area contributed by atoms with Crippen LogP contribution >= 0.6 is 11.8 Å². The fourth-order valence-electron chi connectivity index (χ4n) is 2.80. The number of hydrogen-bond donors (Lipinski definition) is 0. The molecule has 1 atom stereocenters. The third kappa shape index (κ3) is 3.75. The molecule has 0 bridgehead atoms. The van der Waals surface area contributed by atoms with Crippen LogP contribution in [0.15, 0.2) is 34.2 Å². The molecule has 1 amide bonds. The highest BCUT2D eigenvalue weighted by molar-refractivity contribution is 8.14. The second kappa shape index (κ2) is 7.09. The number of benzene rings is 1. The molecule has 25 heavy (non-hydrogen) atoms. The average molecular weight is 382 g/mol. The van der Waals surface area contributed by atoms with Crippen molar-refractivity contribution in [2.75, 3.05) is 20.6 Å². The summed E-state index contributed by atoms with van der Waals surface area (Å²) in [6.45, 7) is 2.73. The van der Waals surface area contributed by atoms with E-state index < -0.39 is 10.0 Å². The molecule has 8 heteroatoms. The molecule has 1 unspecified atom stereocenters. The van der Waals surface area contributed by atoms with Crippen molar-refractivity contribution in [2.24, 2.45) is 10.9 Å². The van der Waals surface area contributed by atoms with Crippen molar-refractivity contribution in [3.63, 3.8) is 0 Å². The molecule has 0 radical (unpaired) electrons. The monoisotopic (exact) mass is 381 g/mol. The molecule has 0 spiro atoms. The maximum absolute atomic E-state index is 12.6. The molecule has 1 aliphatic heterocycles. The van der Waals surface area contributed by atoms with E-state index in [0.717, 1.165) is 19.3 Å². The van der Waals surface area contributed by atoms with Gasteiger partial charge < -0.3 is 0 Å². The predicted molar refractivity (Wildman–Crippen MR) is 101 cm³/mol. The number of nitrogens with zero attached hydrogens (tertiary/aromatic N) is 3. The van der Waals surface area contributed by atoms with E-state index in [-0.39, 0.29) is 22.0 Å². The van der Waals surface area contributed by atoms with Gasteiger partial charge in [0, 0.05) is 31.8 Å². The Morgan fingerprint density at radius 2 is 2.04 bits per heavy atom. The van der Waals surface area contributed by atoms with Crippen molar-refractivity contribution >= 4 is 38.5 Å². The van der Waals surface area contributed by atoms with Crippen molar-refractivity contribution in [3.05, 3.63) is 24.3 Å². The SMILES string of the molecule is CC1CN(C(=O)C2CCC2)C(=Nc2cccc(S(=O)(=O)N(C)C)c2)S1. The molecule has 2 fully saturated rings. The molecule has 1 heterocycles. The lowest BCUT2D eigenvalue weighted by atomic mass is 9.84. The van der Waals surface area contributed by atoms with Crippen LogP contribution in [-0.4, -0.2) is 54.6 Å². The Labute approximate surface area is 153 Å². The van der Waals surface area contributed by atoms with Crippen molar-refractivity contribution < 1.29 is 13.2 Å². The van der Waals surface area contributed by atoms with Gasteiger partial charge in [-0.15, -0.1) is 0 Å². The van der Waals surface area contributed by atoms with Gasteiger partial charge in [-0.05, 0) is 31.0 Å². The molecular formula is C17H23N3O3S2. The number of amidine groups is 1. The minimum Gasteiger partial charge on any atom is -0.290 e. The molecule has 3 rings (SSSR count). The van der Waals surface area contributed by atoms with Crippen molar-refractivity contribution in [3.8, 4) is 0 Å². The standard InChI is InChI=1S/C17H23N3O3S2/c1-12-11-20(16(21)13-6-4-7-13)17(24-12)18-14-8-5-9-15(10-14)25(22,23)19(2)3/h5,8-10,12-13H,4,6-7,11H2,1-3H3. The summed E-state index contributed by atoms with van der Waals surface area (Å²) in [4.78, 5) is 19.2. The molecule has 1 aromatic rings. The second-order valence-corrected chi connectivity index (χ2v) is 10.2.